The van der Waals surface area contributed by atoms with Crippen molar-refractivity contribution in [1.82, 2.24) is 20.3 Å². The highest BCUT2D eigenvalue weighted by Gasteiger charge is 2.23. The van der Waals surface area contributed by atoms with Crippen LogP contribution in [0.5, 0.6) is 0 Å². The van der Waals surface area contributed by atoms with Gasteiger partial charge in [0.15, 0.2) is 0 Å². The lowest BCUT2D eigenvalue weighted by Gasteiger charge is -2.34. The van der Waals surface area contributed by atoms with E-state index in [1.165, 1.54) is 0 Å². The molecule has 1 saturated heterocycles. The summed E-state index contributed by atoms with van der Waals surface area (Å²) >= 11 is 0. The molecule has 3 aromatic rings. The van der Waals surface area contributed by atoms with Crippen molar-refractivity contribution in [2.45, 2.75) is 6.10 Å². The molecule has 1 aliphatic rings. The number of aromatic nitrogens is 3. The van der Waals surface area contributed by atoms with Crippen molar-refractivity contribution in [3.05, 3.63) is 24.5 Å². The number of rotatable bonds is 3. The lowest BCUT2D eigenvalue weighted by molar-refractivity contribution is 0.0422. The van der Waals surface area contributed by atoms with Crippen molar-refractivity contribution in [2.75, 3.05) is 43.9 Å². The van der Waals surface area contributed by atoms with Crippen LogP contribution in [0, 0.1) is 0 Å². The second kappa shape index (κ2) is 5.68. The van der Waals surface area contributed by atoms with E-state index in [0.29, 0.717) is 5.82 Å². The monoisotopic (exact) mass is 312 g/mol. The normalized spacial score (nSPS) is 18.8. The van der Waals surface area contributed by atoms with Crippen LogP contribution in [0.2, 0.25) is 0 Å². The number of ether oxygens (including phenoxy) is 1. The first-order valence-corrected chi connectivity index (χ1v) is 7.79. The topological polar surface area (TPSA) is 92.1 Å². The van der Waals surface area contributed by atoms with Gasteiger partial charge in [-0.1, -0.05) is 0 Å². The Labute approximate surface area is 133 Å². The largest absolute Gasteiger partial charge is 0.384 e. The number of nitrogens with one attached hydrogen (secondary N) is 2. The summed E-state index contributed by atoms with van der Waals surface area (Å²) in [5, 5.41) is 5.34. The maximum Gasteiger partial charge on any atom is 0.140 e. The van der Waals surface area contributed by atoms with Gasteiger partial charge in [0.05, 0.1) is 35.5 Å². The van der Waals surface area contributed by atoms with Gasteiger partial charge in [-0.05, 0) is 19.2 Å². The third kappa shape index (κ3) is 2.47. The van der Waals surface area contributed by atoms with Gasteiger partial charge in [0.2, 0.25) is 0 Å². The van der Waals surface area contributed by atoms with Crippen molar-refractivity contribution in [3.8, 4) is 0 Å². The van der Waals surface area contributed by atoms with E-state index in [4.69, 9.17) is 10.5 Å². The number of nitrogen functional groups attached to an aromatic ring is 1. The van der Waals surface area contributed by atoms with Gasteiger partial charge in [0.25, 0.3) is 0 Å². The molecule has 0 amide bonds. The molecular formula is C16H20N6O. The van der Waals surface area contributed by atoms with Crippen LogP contribution in [-0.4, -0.2) is 54.3 Å². The highest BCUT2D eigenvalue weighted by atomic mass is 16.5. The average molecular weight is 312 g/mol. The van der Waals surface area contributed by atoms with E-state index in [2.05, 4.69) is 31.2 Å². The molecule has 4 heterocycles. The summed E-state index contributed by atoms with van der Waals surface area (Å²) in [4.78, 5) is 14.3. The highest BCUT2D eigenvalue weighted by molar-refractivity contribution is 6.12. The van der Waals surface area contributed by atoms with Crippen LogP contribution in [-0.2, 0) is 4.74 Å². The Bertz CT molecular complexity index is 843. The van der Waals surface area contributed by atoms with Crippen LogP contribution in [0.4, 0.5) is 11.5 Å². The van der Waals surface area contributed by atoms with E-state index >= 15 is 0 Å². The van der Waals surface area contributed by atoms with Crippen molar-refractivity contribution in [2.24, 2.45) is 0 Å². The number of hydrogen-bond donors (Lipinski definition) is 3. The van der Waals surface area contributed by atoms with Crippen molar-refractivity contribution in [1.29, 1.82) is 0 Å². The molecule has 0 unspecified atom stereocenters. The Kier molecular flexibility index (Phi) is 3.51. The Hall–Kier alpha value is -2.38. The minimum absolute atomic E-state index is 0.189. The molecule has 4 rings (SSSR count). The molecule has 0 aliphatic carbocycles. The zero-order chi connectivity index (χ0) is 15.8. The van der Waals surface area contributed by atoms with Crippen LogP contribution in [0.1, 0.15) is 0 Å². The van der Waals surface area contributed by atoms with Crippen molar-refractivity contribution in [3.63, 3.8) is 0 Å². The molecule has 1 atom stereocenters. The van der Waals surface area contributed by atoms with Gasteiger partial charge in [-0.3, -0.25) is 0 Å². The molecule has 7 heteroatoms. The Morgan fingerprint density at radius 1 is 1.48 bits per heavy atom. The van der Waals surface area contributed by atoms with Gasteiger partial charge < -0.3 is 25.7 Å². The number of nitrogens with two attached hydrogens (primary N) is 1. The van der Waals surface area contributed by atoms with Crippen molar-refractivity contribution >= 4 is 33.4 Å². The number of morpholine rings is 1. The van der Waals surface area contributed by atoms with Gasteiger partial charge in [0.1, 0.15) is 11.5 Å². The molecule has 1 fully saturated rings. The third-order valence-corrected chi connectivity index (χ3v) is 4.29. The predicted molar refractivity (Wildman–Crippen MR) is 91.7 cm³/mol. The quantitative estimate of drug-likeness (QED) is 0.671. The Morgan fingerprint density at radius 3 is 3.26 bits per heavy atom. The number of aromatic amines is 1. The second-order valence-corrected chi connectivity index (χ2v) is 5.83. The molecule has 23 heavy (non-hydrogen) atoms. The minimum atomic E-state index is 0.189. The molecule has 0 aromatic carbocycles. The number of pyridine rings is 2. The first-order valence-electron chi connectivity index (χ1n) is 7.79. The van der Waals surface area contributed by atoms with Crippen LogP contribution < -0.4 is 16.0 Å². The first-order chi connectivity index (χ1) is 11.3. The van der Waals surface area contributed by atoms with E-state index in [0.717, 1.165) is 53.9 Å². The van der Waals surface area contributed by atoms with E-state index in [1.807, 2.05) is 19.3 Å². The van der Waals surface area contributed by atoms with Crippen LogP contribution in [0.25, 0.3) is 21.9 Å². The van der Waals surface area contributed by atoms with Gasteiger partial charge in [-0.25, -0.2) is 9.97 Å². The maximum atomic E-state index is 5.88. The molecular weight excluding hydrogens is 292 g/mol. The second-order valence-electron chi connectivity index (χ2n) is 5.83. The number of hydrogen-bond acceptors (Lipinski definition) is 6. The summed E-state index contributed by atoms with van der Waals surface area (Å²) in [7, 11) is 1.95. The summed E-state index contributed by atoms with van der Waals surface area (Å²) in [6.07, 6.45) is 3.79. The molecule has 3 aromatic heterocycles. The molecule has 0 spiro atoms. The number of likely N-dealkylation sites (N-methyl/N-ethyl adjacent to an activating group) is 1. The average Bonchev–Trinajstić information content (AvgIpc) is 2.93. The molecule has 120 valence electrons. The Morgan fingerprint density at radius 2 is 2.39 bits per heavy atom. The van der Waals surface area contributed by atoms with Gasteiger partial charge in [-0.2, -0.15) is 0 Å². The zero-order valence-electron chi connectivity index (χ0n) is 13.0. The highest BCUT2D eigenvalue weighted by Crippen LogP contribution is 2.33. The molecule has 4 N–H and O–H groups in total. The fourth-order valence-corrected chi connectivity index (χ4v) is 3.27. The molecule has 0 bridgehead atoms. The molecule has 0 saturated carbocycles. The zero-order valence-corrected chi connectivity index (χ0v) is 13.0. The smallest absolute Gasteiger partial charge is 0.140 e. The lowest BCUT2D eigenvalue weighted by atomic mass is 10.1. The molecule has 0 radical (unpaired) electrons. The number of fused-ring (bicyclic) bond motifs is 3. The van der Waals surface area contributed by atoms with Crippen LogP contribution in [0.3, 0.4) is 0 Å². The maximum absolute atomic E-state index is 5.88. The summed E-state index contributed by atoms with van der Waals surface area (Å²) in [6.45, 7) is 3.29. The minimum Gasteiger partial charge on any atom is -0.384 e. The van der Waals surface area contributed by atoms with Crippen LogP contribution >= 0.6 is 0 Å². The van der Waals surface area contributed by atoms with Crippen LogP contribution in [0.15, 0.2) is 24.5 Å². The summed E-state index contributed by atoms with van der Waals surface area (Å²) in [6, 6.07) is 3.97. The van der Waals surface area contributed by atoms with E-state index < -0.39 is 0 Å². The van der Waals surface area contributed by atoms with E-state index in [1.54, 1.807) is 6.20 Å². The number of anilines is 2. The van der Waals surface area contributed by atoms with E-state index in [-0.39, 0.29) is 6.10 Å². The molecule has 1 aliphatic heterocycles. The van der Waals surface area contributed by atoms with Gasteiger partial charge >= 0.3 is 0 Å². The SMILES string of the molecule is CNC[C@@H]1CN(c2ccnc3[nH]c4cnc(N)cc4c23)CCO1. The van der Waals surface area contributed by atoms with Crippen molar-refractivity contribution < 1.29 is 4.74 Å². The predicted octanol–water partition coefficient (Wildman–Crippen LogP) is 1.12. The number of nitrogens with zero attached hydrogens (tertiary/aromatic N) is 3. The summed E-state index contributed by atoms with van der Waals surface area (Å²) in [5.41, 5.74) is 8.86. The summed E-state index contributed by atoms with van der Waals surface area (Å²) in [5.74, 6) is 0.517. The standard InChI is InChI=1S/C16H20N6O/c1-18-7-10-9-22(4-5-23-10)13-2-3-19-16-15(13)11-6-14(17)20-8-12(11)21-16/h2-3,6,8,10,18H,4-5,7,9H2,1H3,(H2,17,20)(H,19,21)/t10-/m1/s1. The lowest BCUT2D eigenvalue weighted by Crippen LogP contribution is -2.46. The fourth-order valence-electron chi connectivity index (χ4n) is 3.27. The van der Waals surface area contributed by atoms with Gasteiger partial charge in [0, 0.05) is 31.2 Å². The number of H-pyrrole nitrogens is 1. The third-order valence-electron chi connectivity index (χ3n) is 4.29. The summed E-state index contributed by atoms with van der Waals surface area (Å²) < 4.78 is 5.81. The first kappa shape index (κ1) is 14.2. The molecule has 7 nitrogen and oxygen atoms in total. The fraction of sp³-hybridized carbons (Fsp3) is 0.375. The van der Waals surface area contributed by atoms with E-state index in [9.17, 15) is 0 Å². The Balaban J connectivity index is 1.83. The van der Waals surface area contributed by atoms with Gasteiger partial charge in [-0.15, -0.1) is 0 Å².